The minimum absolute atomic E-state index is 0.00294. The summed E-state index contributed by atoms with van der Waals surface area (Å²) in [7, 11) is -2.06. The molecule has 2 aromatic rings. The van der Waals surface area contributed by atoms with Gasteiger partial charge in [-0.15, -0.1) is 0 Å². The van der Waals surface area contributed by atoms with E-state index in [4.69, 9.17) is 4.74 Å². The third kappa shape index (κ3) is 5.01. The van der Waals surface area contributed by atoms with E-state index in [1.165, 1.54) is 12.1 Å². The van der Waals surface area contributed by atoms with Crippen LogP contribution >= 0.6 is 0 Å². The maximum Gasteiger partial charge on any atom is 0.240 e. The van der Waals surface area contributed by atoms with E-state index in [2.05, 4.69) is 14.5 Å². The number of piperazine rings is 1. The SMILES string of the molecule is COc1ccc(N2CCN(CCNS(=O)(=O)c3cc(F)ccc3C)CC2)cc1. The van der Waals surface area contributed by atoms with Crippen LogP contribution in [0, 0.1) is 12.7 Å². The number of hydrogen-bond acceptors (Lipinski definition) is 5. The highest BCUT2D eigenvalue weighted by Gasteiger charge is 2.20. The molecule has 1 aliphatic heterocycles. The molecule has 1 heterocycles. The zero-order chi connectivity index (χ0) is 20.1. The smallest absolute Gasteiger partial charge is 0.240 e. The second-order valence-electron chi connectivity index (χ2n) is 6.83. The zero-order valence-electron chi connectivity index (χ0n) is 16.2. The Hall–Kier alpha value is -2.16. The van der Waals surface area contributed by atoms with Crippen molar-refractivity contribution in [2.45, 2.75) is 11.8 Å². The zero-order valence-corrected chi connectivity index (χ0v) is 17.0. The van der Waals surface area contributed by atoms with E-state index < -0.39 is 15.8 Å². The molecule has 3 rings (SSSR count). The molecule has 28 heavy (non-hydrogen) atoms. The number of halogens is 1. The van der Waals surface area contributed by atoms with Gasteiger partial charge in [-0.25, -0.2) is 17.5 Å². The van der Waals surface area contributed by atoms with Gasteiger partial charge in [0.2, 0.25) is 10.0 Å². The van der Waals surface area contributed by atoms with E-state index in [9.17, 15) is 12.8 Å². The molecular weight excluding hydrogens is 381 g/mol. The molecule has 1 N–H and O–H groups in total. The van der Waals surface area contributed by atoms with Crippen molar-refractivity contribution >= 4 is 15.7 Å². The molecule has 0 saturated carbocycles. The monoisotopic (exact) mass is 407 g/mol. The lowest BCUT2D eigenvalue weighted by Crippen LogP contribution is -2.48. The third-order valence-corrected chi connectivity index (χ3v) is 6.57. The van der Waals surface area contributed by atoms with Gasteiger partial charge in [0.05, 0.1) is 12.0 Å². The van der Waals surface area contributed by atoms with Gasteiger partial charge in [0, 0.05) is 45.0 Å². The van der Waals surface area contributed by atoms with E-state index in [1.807, 2.05) is 24.3 Å². The lowest BCUT2D eigenvalue weighted by Gasteiger charge is -2.36. The number of anilines is 1. The minimum Gasteiger partial charge on any atom is -0.497 e. The number of ether oxygens (including phenoxy) is 1. The minimum atomic E-state index is -3.71. The molecule has 6 nitrogen and oxygen atoms in total. The number of hydrogen-bond donors (Lipinski definition) is 1. The van der Waals surface area contributed by atoms with E-state index in [-0.39, 0.29) is 4.90 Å². The van der Waals surface area contributed by atoms with Gasteiger partial charge in [0.1, 0.15) is 11.6 Å². The normalized spacial score (nSPS) is 15.6. The van der Waals surface area contributed by atoms with Crippen LogP contribution in [0.5, 0.6) is 5.75 Å². The molecule has 0 aliphatic carbocycles. The summed E-state index contributed by atoms with van der Waals surface area (Å²) < 4.78 is 46.0. The highest BCUT2D eigenvalue weighted by Crippen LogP contribution is 2.20. The Morgan fingerprint density at radius 1 is 1.07 bits per heavy atom. The Morgan fingerprint density at radius 3 is 2.39 bits per heavy atom. The Bertz CT molecular complexity index is 895. The average molecular weight is 408 g/mol. The summed E-state index contributed by atoms with van der Waals surface area (Å²) in [6.07, 6.45) is 0. The molecule has 0 amide bonds. The first-order valence-electron chi connectivity index (χ1n) is 9.26. The summed E-state index contributed by atoms with van der Waals surface area (Å²) in [5.74, 6) is 0.281. The Morgan fingerprint density at radius 2 is 1.75 bits per heavy atom. The number of rotatable bonds is 7. The molecule has 0 unspecified atom stereocenters. The highest BCUT2D eigenvalue weighted by molar-refractivity contribution is 7.89. The lowest BCUT2D eigenvalue weighted by molar-refractivity contribution is 0.262. The maximum absolute atomic E-state index is 13.4. The molecule has 152 valence electrons. The third-order valence-electron chi connectivity index (χ3n) is 4.97. The number of nitrogens with one attached hydrogen (secondary N) is 1. The molecule has 0 spiro atoms. The topological polar surface area (TPSA) is 61.9 Å². The molecule has 0 radical (unpaired) electrons. The molecule has 2 aromatic carbocycles. The molecule has 8 heteroatoms. The average Bonchev–Trinajstić information content (AvgIpc) is 2.70. The summed E-state index contributed by atoms with van der Waals surface area (Å²) in [6, 6.07) is 11.8. The van der Waals surface area contributed by atoms with Gasteiger partial charge in [0.15, 0.2) is 0 Å². The second kappa shape index (κ2) is 8.89. The Kier molecular flexibility index (Phi) is 6.53. The quantitative estimate of drug-likeness (QED) is 0.763. The number of methoxy groups -OCH3 is 1. The number of nitrogens with zero attached hydrogens (tertiary/aromatic N) is 2. The fraction of sp³-hybridized carbons (Fsp3) is 0.400. The van der Waals surface area contributed by atoms with E-state index >= 15 is 0 Å². The van der Waals surface area contributed by atoms with Gasteiger partial charge in [-0.05, 0) is 48.9 Å². The van der Waals surface area contributed by atoms with Crippen LogP contribution in [0.15, 0.2) is 47.4 Å². The van der Waals surface area contributed by atoms with Gasteiger partial charge in [0.25, 0.3) is 0 Å². The number of sulfonamides is 1. The van der Waals surface area contributed by atoms with Gasteiger partial charge < -0.3 is 9.64 Å². The molecule has 0 atom stereocenters. The summed E-state index contributed by atoms with van der Waals surface area (Å²) in [5.41, 5.74) is 1.68. The standard InChI is InChI=1S/C20H26FN3O3S/c1-16-3-4-17(21)15-20(16)28(25,26)22-9-10-23-11-13-24(14-12-23)18-5-7-19(27-2)8-6-18/h3-8,15,22H,9-14H2,1-2H3. The fourth-order valence-electron chi connectivity index (χ4n) is 3.30. The largest absolute Gasteiger partial charge is 0.497 e. The van der Waals surface area contributed by atoms with E-state index in [0.717, 1.165) is 43.7 Å². The predicted molar refractivity (Wildman–Crippen MR) is 108 cm³/mol. The first-order chi connectivity index (χ1) is 13.4. The second-order valence-corrected chi connectivity index (χ2v) is 8.57. The van der Waals surface area contributed by atoms with Crippen molar-refractivity contribution in [3.05, 3.63) is 53.8 Å². The number of aryl methyl sites for hydroxylation is 1. The van der Waals surface area contributed by atoms with Gasteiger partial charge in [-0.3, -0.25) is 4.90 Å². The van der Waals surface area contributed by atoms with Gasteiger partial charge in [-0.2, -0.15) is 0 Å². The summed E-state index contributed by atoms with van der Waals surface area (Å²) >= 11 is 0. The van der Waals surface area contributed by atoms with Gasteiger partial charge >= 0.3 is 0 Å². The van der Waals surface area contributed by atoms with Crippen molar-refractivity contribution < 1.29 is 17.5 Å². The van der Waals surface area contributed by atoms with Gasteiger partial charge in [-0.1, -0.05) is 6.07 Å². The van der Waals surface area contributed by atoms with Crippen LogP contribution in [-0.2, 0) is 10.0 Å². The van der Waals surface area contributed by atoms with E-state index in [0.29, 0.717) is 18.7 Å². The Balaban J connectivity index is 1.48. The van der Waals surface area contributed by atoms with Crippen LogP contribution in [0.4, 0.5) is 10.1 Å². The van der Waals surface area contributed by atoms with Crippen LogP contribution in [0.25, 0.3) is 0 Å². The molecule has 1 saturated heterocycles. The molecule has 1 fully saturated rings. The maximum atomic E-state index is 13.4. The van der Waals surface area contributed by atoms with Crippen molar-refractivity contribution in [1.82, 2.24) is 9.62 Å². The molecular formula is C20H26FN3O3S. The van der Waals surface area contributed by atoms with Crippen LogP contribution < -0.4 is 14.4 Å². The Labute approximate surface area is 166 Å². The lowest BCUT2D eigenvalue weighted by atomic mass is 10.2. The van der Waals surface area contributed by atoms with Crippen LogP contribution in [0.3, 0.4) is 0 Å². The highest BCUT2D eigenvalue weighted by atomic mass is 32.2. The fourth-order valence-corrected chi connectivity index (χ4v) is 4.58. The summed E-state index contributed by atoms with van der Waals surface area (Å²) in [6.45, 7) is 6.03. The molecule has 0 aromatic heterocycles. The number of benzene rings is 2. The van der Waals surface area contributed by atoms with Crippen molar-refractivity contribution in [2.24, 2.45) is 0 Å². The van der Waals surface area contributed by atoms with Crippen molar-refractivity contribution in [3.63, 3.8) is 0 Å². The van der Waals surface area contributed by atoms with Crippen molar-refractivity contribution in [1.29, 1.82) is 0 Å². The van der Waals surface area contributed by atoms with E-state index in [1.54, 1.807) is 14.0 Å². The molecule has 1 aliphatic rings. The molecule has 0 bridgehead atoms. The van der Waals surface area contributed by atoms with Crippen LogP contribution in [0.2, 0.25) is 0 Å². The van der Waals surface area contributed by atoms with Crippen molar-refractivity contribution in [2.75, 3.05) is 51.3 Å². The first kappa shape index (κ1) is 20.6. The predicted octanol–water partition coefficient (Wildman–Crippen LogP) is 2.24. The van der Waals surface area contributed by atoms with Crippen LogP contribution in [-0.4, -0.2) is 59.7 Å². The summed E-state index contributed by atoms with van der Waals surface area (Å²) in [4.78, 5) is 4.52. The summed E-state index contributed by atoms with van der Waals surface area (Å²) in [5, 5.41) is 0. The van der Waals surface area contributed by atoms with Crippen molar-refractivity contribution in [3.8, 4) is 5.75 Å². The van der Waals surface area contributed by atoms with Crippen LogP contribution in [0.1, 0.15) is 5.56 Å². The first-order valence-corrected chi connectivity index (χ1v) is 10.7.